The van der Waals surface area contributed by atoms with Crippen LogP contribution in [0.15, 0.2) is 42.7 Å². The molecule has 0 unspecified atom stereocenters. The van der Waals surface area contributed by atoms with E-state index in [4.69, 9.17) is 0 Å². The van der Waals surface area contributed by atoms with E-state index in [2.05, 4.69) is 15.6 Å². The van der Waals surface area contributed by atoms with Crippen molar-refractivity contribution >= 4 is 17.4 Å². The minimum Gasteiger partial charge on any atom is -0.412 e. The molecule has 0 bridgehead atoms. The minimum atomic E-state index is -0.264. The third-order valence-corrected chi connectivity index (χ3v) is 2.64. The van der Waals surface area contributed by atoms with Crippen LogP contribution in [0.25, 0.3) is 0 Å². The number of hydrogen-bond acceptors (Lipinski definition) is 2. The largest absolute Gasteiger partial charge is 0.412 e. The van der Waals surface area contributed by atoms with Gasteiger partial charge in [0.2, 0.25) is 0 Å². The van der Waals surface area contributed by atoms with Crippen LogP contribution < -0.4 is 10.6 Å². The number of anilines is 2. The van der Waals surface area contributed by atoms with E-state index in [0.29, 0.717) is 5.69 Å². The van der Waals surface area contributed by atoms with Gasteiger partial charge in [0.15, 0.2) is 0 Å². The summed E-state index contributed by atoms with van der Waals surface area (Å²) in [4.78, 5) is 15.8. The minimum absolute atomic E-state index is 0. The number of rotatable bonds is 2. The van der Waals surface area contributed by atoms with Crippen LogP contribution in [-0.2, 0) is 0 Å². The number of amides is 2. The summed E-state index contributed by atoms with van der Waals surface area (Å²) in [6.07, 6.45) is 3.26. The number of pyridine rings is 1. The Labute approximate surface area is 112 Å². The Hall–Kier alpha value is -2.40. The third-order valence-electron chi connectivity index (χ3n) is 2.64. The molecule has 0 radical (unpaired) electrons. The maximum Gasteiger partial charge on any atom is 0.323 e. The fourth-order valence-corrected chi connectivity index (χ4v) is 1.72. The number of benzene rings is 1. The molecular weight excluding hydrogens is 242 g/mol. The summed E-state index contributed by atoms with van der Waals surface area (Å²) in [6, 6.07) is 9.19. The highest BCUT2D eigenvalue weighted by molar-refractivity contribution is 6.00. The monoisotopic (exact) mass is 259 g/mol. The molecule has 0 saturated heterocycles. The Bertz CT molecular complexity index is 536. The van der Waals surface area contributed by atoms with Gasteiger partial charge in [0, 0.05) is 11.9 Å². The molecule has 1 aromatic heterocycles. The number of nitrogens with one attached hydrogen (secondary N) is 2. The molecule has 2 amide bonds. The number of urea groups is 1. The predicted molar refractivity (Wildman–Crippen MR) is 76.4 cm³/mol. The number of carbonyl (C=O) groups excluding carboxylic acids is 1. The quantitative estimate of drug-likeness (QED) is 0.868. The van der Waals surface area contributed by atoms with Crippen LogP contribution in [0.5, 0.6) is 0 Å². The molecule has 0 aliphatic rings. The molecule has 0 atom stereocenters. The molecule has 0 aliphatic heterocycles. The smallest absolute Gasteiger partial charge is 0.323 e. The first-order valence-electron chi connectivity index (χ1n) is 5.71. The van der Waals surface area contributed by atoms with Crippen LogP contribution >= 0.6 is 0 Å². The lowest BCUT2D eigenvalue weighted by atomic mass is 10.1. The van der Waals surface area contributed by atoms with Crippen LogP contribution in [0.1, 0.15) is 11.1 Å². The summed E-state index contributed by atoms with van der Waals surface area (Å²) in [5.74, 6) is 0. The van der Waals surface area contributed by atoms with Crippen molar-refractivity contribution in [3.8, 4) is 0 Å². The molecule has 100 valence electrons. The molecule has 5 heteroatoms. The van der Waals surface area contributed by atoms with Crippen LogP contribution in [0.2, 0.25) is 0 Å². The third kappa shape index (κ3) is 3.79. The highest BCUT2D eigenvalue weighted by Gasteiger charge is 2.06. The van der Waals surface area contributed by atoms with Gasteiger partial charge in [-0.25, -0.2) is 4.79 Å². The molecule has 0 fully saturated rings. The van der Waals surface area contributed by atoms with Crippen LogP contribution in [0.4, 0.5) is 16.2 Å². The fraction of sp³-hybridized carbons (Fsp3) is 0.143. The molecule has 4 N–H and O–H groups in total. The van der Waals surface area contributed by atoms with Gasteiger partial charge in [-0.1, -0.05) is 18.2 Å². The molecule has 0 saturated carbocycles. The number of carbonyl (C=O) groups is 1. The molecule has 1 heterocycles. The van der Waals surface area contributed by atoms with E-state index in [9.17, 15) is 4.79 Å². The Morgan fingerprint density at radius 1 is 1.05 bits per heavy atom. The SMILES string of the molecule is Cc1cccc(C)c1NC(=O)Nc1cccnc1.O. The lowest BCUT2D eigenvalue weighted by Gasteiger charge is -2.12. The predicted octanol–water partition coefficient (Wildman–Crippen LogP) is 2.52. The summed E-state index contributed by atoms with van der Waals surface area (Å²) in [5, 5.41) is 5.58. The Morgan fingerprint density at radius 2 is 1.74 bits per heavy atom. The first kappa shape index (κ1) is 14.7. The van der Waals surface area contributed by atoms with Crippen molar-refractivity contribution in [3.63, 3.8) is 0 Å². The number of aromatic nitrogens is 1. The van der Waals surface area contributed by atoms with Gasteiger partial charge in [0.1, 0.15) is 0 Å². The molecule has 2 aromatic rings. The molecular formula is C14H17N3O2. The van der Waals surface area contributed by atoms with Crippen molar-refractivity contribution in [1.29, 1.82) is 0 Å². The average molecular weight is 259 g/mol. The number of hydrogen-bond donors (Lipinski definition) is 2. The number of aryl methyl sites for hydroxylation is 2. The van der Waals surface area contributed by atoms with Crippen molar-refractivity contribution in [2.24, 2.45) is 0 Å². The van der Waals surface area contributed by atoms with E-state index < -0.39 is 0 Å². The zero-order chi connectivity index (χ0) is 13.0. The molecule has 0 aliphatic carbocycles. The van der Waals surface area contributed by atoms with E-state index in [0.717, 1.165) is 16.8 Å². The van der Waals surface area contributed by atoms with Gasteiger partial charge in [0.25, 0.3) is 0 Å². The zero-order valence-corrected chi connectivity index (χ0v) is 10.9. The fourth-order valence-electron chi connectivity index (χ4n) is 1.72. The molecule has 0 spiro atoms. The van der Waals surface area contributed by atoms with Gasteiger partial charge in [-0.15, -0.1) is 0 Å². The normalized spacial score (nSPS) is 9.37. The van der Waals surface area contributed by atoms with Gasteiger partial charge in [-0.3, -0.25) is 4.98 Å². The number of nitrogens with zero attached hydrogens (tertiary/aromatic N) is 1. The number of para-hydroxylation sites is 1. The Kier molecular flexibility index (Phi) is 5.02. The van der Waals surface area contributed by atoms with Crippen molar-refractivity contribution in [3.05, 3.63) is 53.9 Å². The molecule has 1 aromatic carbocycles. The van der Waals surface area contributed by atoms with E-state index >= 15 is 0 Å². The highest BCUT2D eigenvalue weighted by Crippen LogP contribution is 2.19. The van der Waals surface area contributed by atoms with Gasteiger partial charge in [-0.05, 0) is 37.1 Å². The van der Waals surface area contributed by atoms with Crippen LogP contribution in [-0.4, -0.2) is 16.5 Å². The van der Waals surface area contributed by atoms with E-state index in [1.54, 1.807) is 24.5 Å². The summed E-state index contributed by atoms with van der Waals surface area (Å²) in [6.45, 7) is 3.93. The average Bonchev–Trinajstić information content (AvgIpc) is 2.35. The van der Waals surface area contributed by atoms with Crippen molar-refractivity contribution in [2.45, 2.75) is 13.8 Å². The van der Waals surface area contributed by atoms with Gasteiger partial charge in [-0.2, -0.15) is 0 Å². The van der Waals surface area contributed by atoms with E-state index in [-0.39, 0.29) is 11.5 Å². The standard InChI is InChI=1S/C14H15N3O.H2O/c1-10-5-3-6-11(2)13(10)17-14(18)16-12-7-4-8-15-9-12;/h3-9H,1-2H3,(H2,16,17,18);1H2. The molecule has 19 heavy (non-hydrogen) atoms. The first-order chi connectivity index (χ1) is 8.66. The summed E-state index contributed by atoms with van der Waals surface area (Å²) in [7, 11) is 0. The Morgan fingerprint density at radius 3 is 2.32 bits per heavy atom. The molecule has 5 nitrogen and oxygen atoms in total. The summed E-state index contributed by atoms with van der Waals surface area (Å²) < 4.78 is 0. The summed E-state index contributed by atoms with van der Waals surface area (Å²) >= 11 is 0. The van der Waals surface area contributed by atoms with Crippen molar-refractivity contribution < 1.29 is 10.3 Å². The zero-order valence-electron chi connectivity index (χ0n) is 10.9. The van der Waals surface area contributed by atoms with Crippen LogP contribution in [0, 0.1) is 13.8 Å². The van der Waals surface area contributed by atoms with E-state index in [1.807, 2.05) is 32.0 Å². The maximum absolute atomic E-state index is 11.8. The second-order valence-corrected chi connectivity index (χ2v) is 4.09. The first-order valence-corrected chi connectivity index (χ1v) is 5.71. The maximum atomic E-state index is 11.8. The van der Waals surface area contributed by atoms with Crippen molar-refractivity contribution in [1.82, 2.24) is 4.98 Å². The van der Waals surface area contributed by atoms with Gasteiger partial charge < -0.3 is 16.1 Å². The Balaban J connectivity index is 0.00000180. The summed E-state index contributed by atoms with van der Waals surface area (Å²) in [5.41, 5.74) is 3.59. The van der Waals surface area contributed by atoms with Gasteiger partial charge in [0.05, 0.1) is 11.9 Å². The van der Waals surface area contributed by atoms with E-state index in [1.165, 1.54) is 0 Å². The second kappa shape index (κ2) is 6.51. The lowest BCUT2D eigenvalue weighted by molar-refractivity contribution is 0.262. The highest BCUT2D eigenvalue weighted by atomic mass is 16.2. The van der Waals surface area contributed by atoms with Crippen molar-refractivity contribution in [2.75, 3.05) is 10.6 Å². The second-order valence-electron chi connectivity index (χ2n) is 4.09. The molecule has 2 rings (SSSR count). The topological polar surface area (TPSA) is 85.5 Å². The van der Waals surface area contributed by atoms with Crippen LogP contribution in [0.3, 0.4) is 0 Å². The van der Waals surface area contributed by atoms with Gasteiger partial charge >= 0.3 is 6.03 Å². The lowest BCUT2D eigenvalue weighted by Crippen LogP contribution is -2.20.